The maximum Gasteiger partial charge on any atom is 0.307 e. The summed E-state index contributed by atoms with van der Waals surface area (Å²) < 4.78 is 22.9. The second-order valence-electron chi connectivity index (χ2n) is 7.76. The Morgan fingerprint density at radius 3 is 2.82 bits per heavy atom. The largest absolute Gasteiger partial charge is 0.469 e. The van der Waals surface area contributed by atoms with Crippen molar-refractivity contribution in [2.24, 2.45) is 11.8 Å². The maximum atomic E-state index is 12.9. The van der Waals surface area contributed by atoms with Crippen LogP contribution in [0.1, 0.15) is 51.9 Å². The van der Waals surface area contributed by atoms with Crippen molar-refractivity contribution in [3.05, 3.63) is 12.2 Å². The minimum atomic E-state index is -1.62. The second-order valence-corrected chi connectivity index (χ2v) is 9.53. The molecule has 0 bridgehead atoms. The number of hydrogen-bond donors (Lipinski definition) is 2. The van der Waals surface area contributed by atoms with Gasteiger partial charge in [0, 0.05) is 16.6 Å². The van der Waals surface area contributed by atoms with Gasteiger partial charge < -0.3 is 19.7 Å². The molecule has 0 aromatic carbocycles. The smallest absolute Gasteiger partial charge is 0.307 e. The van der Waals surface area contributed by atoms with Crippen LogP contribution in [0.2, 0.25) is 0 Å². The van der Waals surface area contributed by atoms with E-state index in [9.17, 15) is 24.0 Å². The standard InChI is InChI=1S/C20H32O7S/c1-13-6-4-3-5-7-14-10-15(21)11-16(14)20(24)17(12-19(23)27-13)28(25)9-8-18(22)26-2/h5,7,13-17,20-21,24H,3-4,6,8-12H2,1-2H3/b7-5+/t13-,14+,15-,16+,17+,20+,28?/m0/s1. The van der Waals surface area contributed by atoms with Crippen LogP contribution in [0.15, 0.2) is 12.2 Å². The average molecular weight is 417 g/mol. The lowest BCUT2D eigenvalue weighted by Gasteiger charge is -2.29. The van der Waals surface area contributed by atoms with Crippen LogP contribution in [0.3, 0.4) is 0 Å². The van der Waals surface area contributed by atoms with E-state index < -0.39 is 40.2 Å². The van der Waals surface area contributed by atoms with E-state index in [1.54, 1.807) is 0 Å². The van der Waals surface area contributed by atoms with E-state index in [0.717, 1.165) is 19.3 Å². The van der Waals surface area contributed by atoms with Gasteiger partial charge in [-0.3, -0.25) is 13.8 Å². The molecule has 2 N–H and O–H groups in total. The molecule has 1 aliphatic heterocycles. The summed E-state index contributed by atoms with van der Waals surface area (Å²) >= 11 is 0. The first-order valence-corrected chi connectivity index (χ1v) is 11.4. The van der Waals surface area contributed by atoms with Crippen molar-refractivity contribution in [2.75, 3.05) is 12.9 Å². The number of carbonyl (C=O) groups is 2. The van der Waals surface area contributed by atoms with Crippen LogP contribution in [0.4, 0.5) is 0 Å². The molecule has 0 aromatic heterocycles. The zero-order valence-corrected chi connectivity index (χ0v) is 17.4. The minimum Gasteiger partial charge on any atom is -0.469 e. The summed E-state index contributed by atoms with van der Waals surface area (Å²) in [6.07, 6.45) is 5.43. The average Bonchev–Trinajstić information content (AvgIpc) is 3.02. The van der Waals surface area contributed by atoms with Gasteiger partial charge >= 0.3 is 11.9 Å². The molecule has 28 heavy (non-hydrogen) atoms. The number of allylic oxidation sites excluding steroid dienone is 2. The SMILES string of the molecule is COC(=O)CCS(=O)[C@@H]1CC(=O)O[C@@H](C)CCC/C=C/[C@@H]2C[C@H](O)C[C@H]2[C@H]1O. The summed E-state index contributed by atoms with van der Waals surface area (Å²) in [6.45, 7) is 1.83. The first-order valence-electron chi connectivity index (χ1n) is 9.98. The molecule has 1 heterocycles. The Morgan fingerprint density at radius 1 is 1.36 bits per heavy atom. The lowest BCUT2D eigenvalue weighted by Crippen LogP contribution is -2.41. The Labute approximate surface area is 168 Å². The predicted molar refractivity (Wildman–Crippen MR) is 105 cm³/mol. The molecule has 0 aromatic rings. The van der Waals surface area contributed by atoms with E-state index in [0.29, 0.717) is 12.8 Å². The van der Waals surface area contributed by atoms with Gasteiger partial charge in [-0.1, -0.05) is 12.2 Å². The van der Waals surface area contributed by atoms with Gasteiger partial charge in [0.15, 0.2) is 0 Å². The van der Waals surface area contributed by atoms with Crippen LogP contribution in [-0.2, 0) is 29.9 Å². The highest BCUT2D eigenvalue weighted by molar-refractivity contribution is 7.85. The van der Waals surface area contributed by atoms with Crippen LogP contribution in [0.5, 0.6) is 0 Å². The number of aliphatic hydroxyl groups is 2. The van der Waals surface area contributed by atoms with Gasteiger partial charge in [0.1, 0.15) is 0 Å². The molecule has 1 fully saturated rings. The number of cyclic esters (lactones) is 1. The fourth-order valence-electron chi connectivity index (χ4n) is 4.06. The molecule has 7 nitrogen and oxygen atoms in total. The zero-order chi connectivity index (χ0) is 20.7. The fraction of sp³-hybridized carbons (Fsp3) is 0.800. The third-order valence-electron chi connectivity index (χ3n) is 5.60. The zero-order valence-electron chi connectivity index (χ0n) is 16.6. The number of hydrogen-bond acceptors (Lipinski definition) is 7. The number of ether oxygens (including phenoxy) is 2. The van der Waals surface area contributed by atoms with Gasteiger partial charge in [-0.25, -0.2) is 0 Å². The van der Waals surface area contributed by atoms with Crippen molar-refractivity contribution in [3.63, 3.8) is 0 Å². The molecule has 0 amide bonds. The lowest BCUT2D eigenvalue weighted by atomic mass is 9.87. The van der Waals surface area contributed by atoms with Crippen molar-refractivity contribution in [1.29, 1.82) is 0 Å². The number of fused-ring (bicyclic) bond motifs is 1. The van der Waals surface area contributed by atoms with Crippen molar-refractivity contribution < 1.29 is 33.5 Å². The van der Waals surface area contributed by atoms with Gasteiger partial charge in [0.25, 0.3) is 0 Å². The highest BCUT2D eigenvalue weighted by Crippen LogP contribution is 2.38. The molecular weight excluding hydrogens is 384 g/mol. The van der Waals surface area contributed by atoms with E-state index in [1.165, 1.54) is 7.11 Å². The third-order valence-corrected chi connectivity index (χ3v) is 7.32. The number of carbonyl (C=O) groups excluding carboxylic acids is 2. The van der Waals surface area contributed by atoms with E-state index in [4.69, 9.17) is 4.74 Å². The van der Waals surface area contributed by atoms with Crippen LogP contribution in [0.25, 0.3) is 0 Å². The Hall–Kier alpha value is -1.25. The molecule has 1 saturated carbocycles. The molecule has 2 aliphatic rings. The van der Waals surface area contributed by atoms with Crippen molar-refractivity contribution in [3.8, 4) is 0 Å². The number of methoxy groups -OCH3 is 1. The normalized spacial score (nSPS) is 36.8. The first kappa shape index (κ1) is 23.0. The number of esters is 2. The highest BCUT2D eigenvalue weighted by Gasteiger charge is 2.42. The summed E-state index contributed by atoms with van der Waals surface area (Å²) in [5, 5.41) is 20.3. The minimum absolute atomic E-state index is 0.00696. The predicted octanol–water partition coefficient (Wildman–Crippen LogP) is 1.48. The van der Waals surface area contributed by atoms with Gasteiger partial charge in [-0.15, -0.1) is 0 Å². The molecule has 0 spiro atoms. The molecule has 2 rings (SSSR count). The Bertz CT molecular complexity index is 591. The van der Waals surface area contributed by atoms with Crippen LogP contribution in [-0.4, -0.2) is 62.8 Å². The van der Waals surface area contributed by atoms with E-state index in [-0.39, 0.29) is 36.5 Å². The summed E-state index contributed by atoms with van der Waals surface area (Å²) in [4.78, 5) is 23.8. The van der Waals surface area contributed by atoms with Crippen LogP contribution < -0.4 is 0 Å². The third kappa shape index (κ3) is 6.67. The van der Waals surface area contributed by atoms with E-state index in [1.807, 2.05) is 13.0 Å². The first-order chi connectivity index (χ1) is 13.3. The molecule has 7 atom stereocenters. The molecule has 1 aliphatic carbocycles. The van der Waals surface area contributed by atoms with Gasteiger partial charge in [0.05, 0.1) is 43.5 Å². The van der Waals surface area contributed by atoms with Gasteiger partial charge in [0.2, 0.25) is 0 Å². The van der Waals surface area contributed by atoms with Gasteiger partial charge in [-0.05, 0) is 50.9 Å². The lowest BCUT2D eigenvalue weighted by molar-refractivity contribution is -0.149. The second kappa shape index (κ2) is 11.1. The van der Waals surface area contributed by atoms with E-state index in [2.05, 4.69) is 10.8 Å². The van der Waals surface area contributed by atoms with E-state index >= 15 is 0 Å². The number of rotatable bonds is 4. The van der Waals surface area contributed by atoms with Crippen molar-refractivity contribution in [1.82, 2.24) is 0 Å². The Morgan fingerprint density at radius 2 is 2.11 bits per heavy atom. The molecular formula is C20H32O7S. The summed E-state index contributed by atoms with van der Waals surface area (Å²) in [7, 11) is -0.357. The molecule has 160 valence electrons. The van der Waals surface area contributed by atoms with Crippen molar-refractivity contribution >= 4 is 22.7 Å². The highest BCUT2D eigenvalue weighted by atomic mass is 32.2. The summed E-state index contributed by atoms with van der Waals surface area (Å²) in [5.74, 6) is -1.29. The molecule has 8 heteroatoms. The van der Waals surface area contributed by atoms with Gasteiger partial charge in [-0.2, -0.15) is 0 Å². The molecule has 1 unspecified atom stereocenters. The maximum absolute atomic E-state index is 12.9. The summed E-state index contributed by atoms with van der Waals surface area (Å²) in [5.41, 5.74) is 0. The summed E-state index contributed by atoms with van der Waals surface area (Å²) in [6, 6.07) is 0. The topological polar surface area (TPSA) is 110 Å². The van der Waals surface area contributed by atoms with Crippen LogP contribution >= 0.6 is 0 Å². The Kier molecular flexibility index (Phi) is 9.11. The molecule has 0 radical (unpaired) electrons. The fourth-order valence-corrected chi connectivity index (χ4v) is 5.57. The van der Waals surface area contributed by atoms with Crippen molar-refractivity contribution in [2.45, 2.75) is 75.4 Å². The van der Waals surface area contributed by atoms with Crippen LogP contribution in [0, 0.1) is 11.8 Å². The number of aliphatic hydroxyl groups excluding tert-OH is 2. The monoisotopic (exact) mass is 416 g/mol. The molecule has 0 saturated heterocycles. The Balaban J connectivity index is 2.22. The quantitative estimate of drug-likeness (QED) is 0.527.